The highest BCUT2D eigenvalue weighted by molar-refractivity contribution is 7.94. The van der Waals surface area contributed by atoms with Gasteiger partial charge in [-0.15, -0.1) is 11.3 Å². The van der Waals surface area contributed by atoms with Crippen molar-refractivity contribution in [1.29, 1.82) is 0 Å². The molecule has 1 aromatic heterocycles. The van der Waals surface area contributed by atoms with Crippen LogP contribution in [0.2, 0.25) is 0 Å². The highest BCUT2D eigenvalue weighted by Crippen LogP contribution is 2.24. The lowest BCUT2D eigenvalue weighted by molar-refractivity contribution is 0.00693. The predicted molar refractivity (Wildman–Crippen MR) is 93.7 cm³/mol. The van der Waals surface area contributed by atoms with Gasteiger partial charge in [-0.3, -0.25) is 4.72 Å². The molecule has 2 rings (SSSR count). The average molecular weight is 383 g/mol. The van der Waals surface area contributed by atoms with Crippen LogP contribution in [-0.4, -0.2) is 31.1 Å². The second kappa shape index (κ2) is 6.85. The number of thiophene rings is 1. The van der Waals surface area contributed by atoms with Gasteiger partial charge in [0.15, 0.2) is 0 Å². The van der Waals surface area contributed by atoms with Gasteiger partial charge in [0.25, 0.3) is 10.0 Å². The van der Waals surface area contributed by atoms with Crippen molar-refractivity contribution in [3.63, 3.8) is 0 Å². The van der Waals surface area contributed by atoms with Crippen molar-refractivity contribution >= 4 is 39.0 Å². The van der Waals surface area contributed by atoms with Crippen LogP contribution in [0.4, 0.5) is 5.69 Å². The predicted octanol–water partition coefficient (Wildman–Crippen LogP) is 3.20. The van der Waals surface area contributed by atoms with E-state index in [2.05, 4.69) is 4.72 Å². The zero-order chi connectivity index (χ0) is 18.8. The molecular formula is C16H17NO6S2. The van der Waals surface area contributed by atoms with Crippen LogP contribution in [-0.2, 0) is 14.8 Å². The maximum absolute atomic E-state index is 12.3. The highest BCUT2D eigenvalue weighted by atomic mass is 32.2. The van der Waals surface area contributed by atoms with Crippen LogP contribution in [0.25, 0.3) is 0 Å². The van der Waals surface area contributed by atoms with Crippen LogP contribution in [0.1, 0.15) is 41.5 Å². The quantitative estimate of drug-likeness (QED) is 0.767. The minimum Gasteiger partial charge on any atom is -0.478 e. The minimum absolute atomic E-state index is 0.104. The van der Waals surface area contributed by atoms with E-state index in [1.54, 1.807) is 20.8 Å². The molecule has 134 valence electrons. The summed E-state index contributed by atoms with van der Waals surface area (Å²) in [6.45, 7) is 5.19. The standard InChI is InChI=1S/C16H17NO6S2/c1-16(2,3)23-15(20)10-5-4-6-12(7-10)17-25(21,22)13-8-11(9-24-13)14(18)19/h4-9,17H,1-3H3,(H,18,19). The van der Waals surface area contributed by atoms with E-state index in [9.17, 15) is 18.0 Å². The first-order valence-corrected chi connectivity index (χ1v) is 9.52. The Balaban J connectivity index is 2.23. The molecule has 0 unspecified atom stereocenters. The first-order chi connectivity index (χ1) is 11.5. The lowest BCUT2D eigenvalue weighted by Gasteiger charge is -2.19. The number of carbonyl (C=O) groups is 2. The number of anilines is 1. The average Bonchev–Trinajstić information content (AvgIpc) is 2.96. The second-order valence-electron chi connectivity index (χ2n) is 6.15. The van der Waals surface area contributed by atoms with Gasteiger partial charge in [0, 0.05) is 11.1 Å². The number of hydrogen-bond donors (Lipinski definition) is 2. The summed E-state index contributed by atoms with van der Waals surface area (Å²) in [7, 11) is -3.95. The molecule has 0 aliphatic carbocycles. The van der Waals surface area contributed by atoms with Crippen LogP contribution < -0.4 is 4.72 Å². The summed E-state index contributed by atoms with van der Waals surface area (Å²) >= 11 is 0.800. The molecule has 0 saturated heterocycles. The molecule has 1 aromatic carbocycles. The molecule has 0 fully saturated rings. The Labute approximate surface area is 149 Å². The molecular weight excluding hydrogens is 366 g/mol. The monoisotopic (exact) mass is 383 g/mol. The number of carbonyl (C=O) groups excluding carboxylic acids is 1. The van der Waals surface area contributed by atoms with E-state index >= 15 is 0 Å². The topological polar surface area (TPSA) is 110 Å². The number of esters is 1. The van der Waals surface area contributed by atoms with Crippen molar-refractivity contribution < 1.29 is 27.9 Å². The first kappa shape index (κ1) is 18.9. The number of ether oxygens (including phenoxy) is 1. The van der Waals surface area contributed by atoms with Gasteiger partial charge in [0.1, 0.15) is 9.81 Å². The molecule has 0 bridgehead atoms. The normalized spacial score (nSPS) is 11.8. The third-order valence-electron chi connectivity index (χ3n) is 2.84. The van der Waals surface area contributed by atoms with E-state index in [1.165, 1.54) is 29.6 Å². The number of benzene rings is 1. The fraction of sp³-hybridized carbons (Fsp3) is 0.250. The third-order valence-corrected chi connectivity index (χ3v) is 5.66. The van der Waals surface area contributed by atoms with Gasteiger partial charge in [-0.25, -0.2) is 18.0 Å². The number of nitrogens with one attached hydrogen (secondary N) is 1. The maximum atomic E-state index is 12.3. The fourth-order valence-corrected chi connectivity index (χ4v) is 4.02. The Morgan fingerprint density at radius 3 is 2.40 bits per heavy atom. The van der Waals surface area contributed by atoms with Crippen LogP contribution in [0.5, 0.6) is 0 Å². The SMILES string of the molecule is CC(C)(C)OC(=O)c1cccc(NS(=O)(=O)c2cc(C(=O)O)cs2)c1. The van der Waals surface area contributed by atoms with Crippen LogP contribution >= 0.6 is 11.3 Å². The van der Waals surface area contributed by atoms with Gasteiger partial charge in [-0.2, -0.15) is 0 Å². The van der Waals surface area contributed by atoms with Crippen molar-refractivity contribution in [2.24, 2.45) is 0 Å². The van der Waals surface area contributed by atoms with Crippen LogP contribution in [0.15, 0.2) is 39.9 Å². The van der Waals surface area contributed by atoms with Crippen molar-refractivity contribution in [2.75, 3.05) is 4.72 Å². The molecule has 0 aliphatic heterocycles. The Morgan fingerprint density at radius 2 is 1.84 bits per heavy atom. The van der Waals surface area contributed by atoms with Crippen molar-refractivity contribution in [1.82, 2.24) is 0 Å². The Bertz CT molecular complexity index is 909. The van der Waals surface area contributed by atoms with E-state index in [1.807, 2.05) is 0 Å². The molecule has 0 saturated carbocycles. The Kier molecular flexibility index (Phi) is 5.19. The van der Waals surface area contributed by atoms with Crippen molar-refractivity contribution in [3.05, 3.63) is 46.8 Å². The van der Waals surface area contributed by atoms with Crippen molar-refractivity contribution in [2.45, 2.75) is 30.6 Å². The zero-order valence-corrected chi connectivity index (χ0v) is 15.4. The zero-order valence-electron chi connectivity index (χ0n) is 13.8. The second-order valence-corrected chi connectivity index (χ2v) is 8.97. The van der Waals surface area contributed by atoms with Gasteiger partial charge in [-0.05, 0) is 45.0 Å². The van der Waals surface area contributed by atoms with E-state index < -0.39 is 27.6 Å². The van der Waals surface area contributed by atoms with Gasteiger partial charge < -0.3 is 9.84 Å². The Hall–Kier alpha value is -2.39. The fourth-order valence-electron chi connectivity index (χ4n) is 1.82. The molecule has 1 heterocycles. The molecule has 2 N–H and O–H groups in total. The summed E-state index contributed by atoms with van der Waals surface area (Å²) in [5.74, 6) is -1.78. The lowest BCUT2D eigenvalue weighted by Crippen LogP contribution is -2.24. The third kappa shape index (κ3) is 5.04. The maximum Gasteiger partial charge on any atom is 0.338 e. The number of rotatable bonds is 5. The number of carboxylic acid groups (broad SMARTS) is 1. The molecule has 0 amide bonds. The molecule has 7 nitrogen and oxygen atoms in total. The summed E-state index contributed by atoms with van der Waals surface area (Å²) in [6.07, 6.45) is 0. The molecule has 0 atom stereocenters. The number of hydrogen-bond acceptors (Lipinski definition) is 6. The number of carboxylic acids is 1. The molecule has 0 radical (unpaired) electrons. The first-order valence-electron chi connectivity index (χ1n) is 7.16. The number of aromatic carboxylic acids is 1. The summed E-state index contributed by atoms with van der Waals surface area (Å²) in [5.41, 5.74) is -0.398. The summed E-state index contributed by atoms with van der Waals surface area (Å²) in [5, 5.41) is 10.1. The summed E-state index contributed by atoms with van der Waals surface area (Å²) < 4.78 is 32.1. The van der Waals surface area contributed by atoms with E-state index in [0.717, 1.165) is 17.4 Å². The van der Waals surface area contributed by atoms with Gasteiger partial charge in [0.05, 0.1) is 11.1 Å². The molecule has 0 aliphatic rings. The smallest absolute Gasteiger partial charge is 0.338 e. The molecule has 9 heteroatoms. The van der Waals surface area contributed by atoms with Gasteiger partial charge in [-0.1, -0.05) is 6.07 Å². The summed E-state index contributed by atoms with van der Waals surface area (Å²) in [6, 6.07) is 6.95. The van der Waals surface area contributed by atoms with Crippen LogP contribution in [0, 0.1) is 0 Å². The van der Waals surface area contributed by atoms with E-state index in [-0.39, 0.29) is 21.0 Å². The van der Waals surface area contributed by atoms with Crippen LogP contribution in [0.3, 0.4) is 0 Å². The van der Waals surface area contributed by atoms with E-state index in [0.29, 0.717) is 0 Å². The largest absolute Gasteiger partial charge is 0.478 e. The molecule has 25 heavy (non-hydrogen) atoms. The lowest BCUT2D eigenvalue weighted by atomic mass is 10.1. The number of sulfonamides is 1. The molecule has 0 spiro atoms. The van der Waals surface area contributed by atoms with Gasteiger partial charge in [0.2, 0.25) is 0 Å². The minimum atomic E-state index is -3.95. The summed E-state index contributed by atoms with van der Waals surface area (Å²) in [4.78, 5) is 22.9. The van der Waals surface area contributed by atoms with E-state index in [4.69, 9.17) is 9.84 Å². The molecule has 2 aromatic rings. The highest BCUT2D eigenvalue weighted by Gasteiger charge is 2.21. The Morgan fingerprint density at radius 1 is 1.16 bits per heavy atom. The van der Waals surface area contributed by atoms with Crippen molar-refractivity contribution in [3.8, 4) is 0 Å². The van der Waals surface area contributed by atoms with Gasteiger partial charge >= 0.3 is 11.9 Å².